The summed E-state index contributed by atoms with van der Waals surface area (Å²) in [5, 5.41) is 3.84. The van der Waals surface area contributed by atoms with Crippen molar-refractivity contribution < 1.29 is 4.74 Å². The molecule has 0 saturated heterocycles. The Kier molecular flexibility index (Phi) is 3.97. The van der Waals surface area contributed by atoms with Gasteiger partial charge < -0.3 is 10.1 Å². The van der Waals surface area contributed by atoms with Crippen LogP contribution in [-0.2, 0) is 0 Å². The Morgan fingerprint density at radius 1 is 1.24 bits per heavy atom. The lowest BCUT2D eigenvalue weighted by atomic mass is 10.2. The van der Waals surface area contributed by atoms with Crippen LogP contribution in [0.25, 0.3) is 0 Å². The van der Waals surface area contributed by atoms with Crippen molar-refractivity contribution in [2.45, 2.75) is 32.6 Å². The Labute approximate surface area is 129 Å². The Bertz CT molecular complexity index is 639. The molecule has 1 heterocycles. The summed E-state index contributed by atoms with van der Waals surface area (Å²) in [6.45, 7) is 4.56. The van der Waals surface area contributed by atoms with Gasteiger partial charge in [-0.3, -0.25) is 0 Å². The van der Waals surface area contributed by atoms with Crippen LogP contribution in [0, 0.1) is 6.92 Å². The molecule has 1 fully saturated rings. The van der Waals surface area contributed by atoms with Crippen molar-refractivity contribution in [2.75, 3.05) is 11.9 Å². The topological polar surface area (TPSA) is 47.0 Å². The standard InChI is InChI=1S/C16H18ClN3O/c1-3-21-13-8-6-12(7-9-13)18-15-10(2)14(17)19-16(20-15)11-4-5-11/h6-9,11H,3-5H2,1-2H3,(H,18,19,20). The van der Waals surface area contributed by atoms with Gasteiger partial charge in [-0.2, -0.15) is 0 Å². The molecule has 3 rings (SSSR count). The summed E-state index contributed by atoms with van der Waals surface area (Å²) in [5.74, 6) is 2.96. The van der Waals surface area contributed by atoms with E-state index >= 15 is 0 Å². The number of nitrogens with one attached hydrogen (secondary N) is 1. The first kappa shape index (κ1) is 14.1. The molecule has 1 saturated carbocycles. The normalized spacial score (nSPS) is 14.0. The van der Waals surface area contributed by atoms with E-state index in [1.54, 1.807) is 0 Å². The zero-order chi connectivity index (χ0) is 14.8. The molecular formula is C16H18ClN3O. The zero-order valence-electron chi connectivity index (χ0n) is 12.2. The van der Waals surface area contributed by atoms with Crippen LogP contribution in [0.4, 0.5) is 11.5 Å². The van der Waals surface area contributed by atoms with Gasteiger partial charge in [-0.05, 0) is 51.0 Å². The Hall–Kier alpha value is -1.81. The molecule has 4 nitrogen and oxygen atoms in total. The van der Waals surface area contributed by atoms with Crippen LogP contribution in [0.15, 0.2) is 24.3 Å². The third kappa shape index (κ3) is 3.27. The van der Waals surface area contributed by atoms with Gasteiger partial charge in [-0.15, -0.1) is 0 Å². The van der Waals surface area contributed by atoms with Crippen molar-refractivity contribution in [1.29, 1.82) is 0 Å². The zero-order valence-corrected chi connectivity index (χ0v) is 12.9. The van der Waals surface area contributed by atoms with E-state index in [4.69, 9.17) is 16.3 Å². The van der Waals surface area contributed by atoms with Gasteiger partial charge in [-0.1, -0.05) is 11.6 Å². The van der Waals surface area contributed by atoms with Gasteiger partial charge in [0, 0.05) is 17.2 Å². The van der Waals surface area contributed by atoms with E-state index in [0.29, 0.717) is 17.7 Å². The molecule has 1 aliphatic rings. The van der Waals surface area contributed by atoms with E-state index in [1.807, 2.05) is 38.1 Å². The molecule has 0 unspecified atom stereocenters. The van der Waals surface area contributed by atoms with E-state index in [0.717, 1.165) is 41.5 Å². The van der Waals surface area contributed by atoms with Crippen molar-refractivity contribution in [2.24, 2.45) is 0 Å². The molecule has 1 aromatic heterocycles. The molecule has 21 heavy (non-hydrogen) atoms. The minimum Gasteiger partial charge on any atom is -0.494 e. The first-order valence-corrected chi connectivity index (χ1v) is 7.59. The van der Waals surface area contributed by atoms with Crippen molar-refractivity contribution in [1.82, 2.24) is 9.97 Å². The van der Waals surface area contributed by atoms with E-state index in [-0.39, 0.29) is 0 Å². The van der Waals surface area contributed by atoms with Gasteiger partial charge in [-0.25, -0.2) is 9.97 Å². The molecule has 0 bridgehead atoms. The molecule has 0 radical (unpaired) electrons. The van der Waals surface area contributed by atoms with Crippen LogP contribution in [0.1, 0.15) is 37.1 Å². The summed E-state index contributed by atoms with van der Waals surface area (Å²) in [7, 11) is 0. The minimum absolute atomic E-state index is 0.476. The second-order valence-corrected chi connectivity index (χ2v) is 5.56. The summed E-state index contributed by atoms with van der Waals surface area (Å²) in [5.41, 5.74) is 1.83. The summed E-state index contributed by atoms with van der Waals surface area (Å²) < 4.78 is 5.44. The fourth-order valence-corrected chi connectivity index (χ4v) is 2.27. The maximum atomic E-state index is 6.21. The third-order valence-corrected chi connectivity index (χ3v) is 3.84. The molecule has 5 heteroatoms. The Morgan fingerprint density at radius 2 is 1.95 bits per heavy atom. The largest absolute Gasteiger partial charge is 0.494 e. The molecule has 110 valence electrons. The summed E-state index contributed by atoms with van der Waals surface area (Å²) >= 11 is 6.21. The number of hydrogen-bond acceptors (Lipinski definition) is 4. The molecule has 1 N–H and O–H groups in total. The lowest BCUT2D eigenvalue weighted by Crippen LogP contribution is -2.03. The van der Waals surface area contributed by atoms with Crippen LogP contribution in [-0.4, -0.2) is 16.6 Å². The average molecular weight is 304 g/mol. The first-order chi connectivity index (χ1) is 10.2. The second-order valence-electron chi connectivity index (χ2n) is 5.20. The SMILES string of the molecule is CCOc1ccc(Nc2nc(C3CC3)nc(Cl)c2C)cc1. The second kappa shape index (κ2) is 5.90. The molecule has 0 amide bonds. The number of nitrogens with zero attached hydrogens (tertiary/aromatic N) is 2. The summed E-state index contributed by atoms with van der Waals surface area (Å²) in [6.07, 6.45) is 2.31. The van der Waals surface area contributed by atoms with Crippen molar-refractivity contribution in [3.05, 3.63) is 40.8 Å². The fourth-order valence-electron chi connectivity index (χ4n) is 2.09. The van der Waals surface area contributed by atoms with Crippen LogP contribution in [0.2, 0.25) is 5.15 Å². The van der Waals surface area contributed by atoms with E-state index in [2.05, 4.69) is 15.3 Å². The highest BCUT2D eigenvalue weighted by atomic mass is 35.5. The quantitative estimate of drug-likeness (QED) is 0.829. The van der Waals surface area contributed by atoms with Gasteiger partial charge in [0.1, 0.15) is 22.5 Å². The predicted octanol–water partition coefficient (Wildman–Crippen LogP) is 4.46. The van der Waals surface area contributed by atoms with Crippen LogP contribution < -0.4 is 10.1 Å². The fraction of sp³-hybridized carbons (Fsp3) is 0.375. The van der Waals surface area contributed by atoms with Crippen LogP contribution >= 0.6 is 11.6 Å². The highest BCUT2D eigenvalue weighted by molar-refractivity contribution is 6.30. The van der Waals surface area contributed by atoms with Gasteiger partial charge in [0.2, 0.25) is 0 Å². The molecule has 0 atom stereocenters. The van der Waals surface area contributed by atoms with E-state index in [1.165, 1.54) is 0 Å². The smallest absolute Gasteiger partial charge is 0.138 e. The van der Waals surface area contributed by atoms with Crippen molar-refractivity contribution in [3.8, 4) is 5.75 Å². The van der Waals surface area contributed by atoms with Crippen molar-refractivity contribution >= 4 is 23.1 Å². The number of hydrogen-bond donors (Lipinski definition) is 1. The highest BCUT2D eigenvalue weighted by Crippen LogP contribution is 2.39. The average Bonchev–Trinajstić information content (AvgIpc) is 3.30. The maximum Gasteiger partial charge on any atom is 0.138 e. The maximum absolute atomic E-state index is 6.21. The number of ether oxygens (including phenoxy) is 1. The number of aromatic nitrogens is 2. The van der Waals surface area contributed by atoms with Crippen LogP contribution in [0.5, 0.6) is 5.75 Å². The molecule has 1 aliphatic carbocycles. The highest BCUT2D eigenvalue weighted by Gasteiger charge is 2.28. The van der Waals surface area contributed by atoms with Gasteiger partial charge in [0.15, 0.2) is 0 Å². The van der Waals surface area contributed by atoms with Crippen molar-refractivity contribution in [3.63, 3.8) is 0 Å². The van der Waals surface area contributed by atoms with E-state index < -0.39 is 0 Å². The van der Waals surface area contributed by atoms with Gasteiger partial charge in [0.25, 0.3) is 0 Å². The lowest BCUT2D eigenvalue weighted by molar-refractivity contribution is 0.340. The summed E-state index contributed by atoms with van der Waals surface area (Å²) in [4.78, 5) is 8.98. The molecule has 1 aromatic carbocycles. The molecule has 2 aromatic rings. The number of halogens is 1. The molecule has 0 aliphatic heterocycles. The monoisotopic (exact) mass is 303 g/mol. The molecular weight excluding hydrogens is 286 g/mol. The molecule has 0 spiro atoms. The van der Waals surface area contributed by atoms with Gasteiger partial charge in [0.05, 0.1) is 6.61 Å². The number of benzene rings is 1. The Balaban J connectivity index is 1.83. The first-order valence-electron chi connectivity index (χ1n) is 7.21. The number of anilines is 2. The van der Waals surface area contributed by atoms with E-state index in [9.17, 15) is 0 Å². The minimum atomic E-state index is 0.476. The van der Waals surface area contributed by atoms with Gasteiger partial charge >= 0.3 is 0 Å². The van der Waals surface area contributed by atoms with Crippen LogP contribution in [0.3, 0.4) is 0 Å². The predicted molar refractivity (Wildman–Crippen MR) is 84.6 cm³/mol. The number of rotatable bonds is 5. The Morgan fingerprint density at radius 3 is 2.57 bits per heavy atom. The third-order valence-electron chi connectivity index (χ3n) is 3.47. The lowest BCUT2D eigenvalue weighted by Gasteiger charge is -2.12. The summed E-state index contributed by atoms with van der Waals surface area (Å²) in [6, 6.07) is 7.81.